The third kappa shape index (κ3) is 1.58. The van der Waals surface area contributed by atoms with E-state index in [9.17, 15) is 0 Å². The van der Waals surface area contributed by atoms with Crippen molar-refractivity contribution >= 4 is 27.8 Å². The summed E-state index contributed by atoms with van der Waals surface area (Å²) in [5.74, 6) is 0.457. The monoisotopic (exact) mass is 263 g/mol. The van der Waals surface area contributed by atoms with Crippen molar-refractivity contribution in [3.05, 3.63) is 42.6 Å². The maximum absolute atomic E-state index is 5.87. The van der Waals surface area contributed by atoms with E-state index in [-0.39, 0.29) is 0 Å². The van der Waals surface area contributed by atoms with Gasteiger partial charge in [0.15, 0.2) is 0 Å². The van der Waals surface area contributed by atoms with Crippen molar-refractivity contribution in [3.63, 3.8) is 0 Å². The Morgan fingerprint density at radius 3 is 2.85 bits per heavy atom. The Hall–Kier alpha value is -3.02. The Labute approximate surface area is 113 Å². The molecule has 4 aromatic rings. The summed E-state index contributed by atoms with van der Waals surface area (Å²) in [4.78, 5) is 8.79. The molecule has 96 valence electrons. The lowest BCUT2D eigenvalue weighted by Gasteiger charge is -2.06. The second-order valence-corrected chi connectivity index (χ2v) is 4.44. The lowest BCUT2D eigenvalue weighted by atomic mass is 10.1. The zero-order chi connectivity index (χ0) is 13.5. The van der Waals surface area contributed by atoms with Gasteiger partial charge in [-0.25, -0.2) is 9.61 Å². The Morgan fingerprint density at radius 1 is 1.00 bits per heavy atom. The SMILES string of the molecule is Nc1cc2cccnc2c(-c2ccc3nonc3c2)n1. The fraction of sp³-hybridized carbons (Fsp3) is 0. The van der Waals surface area contributed by atoms with Gasteiger partial charge in [-0.05, 0) is 34.6 Å². The van der Waals surface area contributed by atoms with Crippen LogP contribution in [0.25, 0.3) is 33.2 Å². The summed E-state index contributed by atoms with van der Waals surface area (Å²) in [5, 5.41) is 8.58. The summed E-state index contributed by atoms with van der Waals surface area (Å²) in [6, 6.07) is 11.2. The maximum Gasteiger partial charge on any atom is 0.135 e. The second kappa shape index (κ2) is 3.99. The summed E-state index contributed by atoms with van der Waals surface area (Å²) < 4.78 is 4.71. The molecule has 6 nitrogen and oxygen atoms in total. The molecule has 0 aliphatic carbocycles. The molecule has 2 N–H and O–H groups in total. The predicted molar refractivity (Wildman–Crippen MR) is 74.7 cm³/mol. The van der Waals surface area contributed by atoms with Gasteiger partial charge in [0, 0.05) is 17.1 Å². The average Bonchev–Trinajstić information content (AvgIpc) is 2.93. The van der Waals surface area contributed by atoms with Crippen LogP contribution in [0.3, 0.4) is 0 Å². The standard InChI is InChI=1S/C14H9N5O/c15-12-7-8-2-1-5-16-13(8)14(17-12)9-3-4-10-11(6-9)19-20-18-10/h1-7H,(H2,15,17). The molecule has 3 aromatic heterocycles. The first-order valence-corrected chi connectivity index (χ1v) is 6.05. The lowest BCUT2D eigenvalue weighted by molar-refractivity contribution is 0.315. The zero-order valence-electron chi connectivity index (χ0n) is 10.3. The van der Waals surface area contributed by atoms with Crippen LogP contribution < -0.4 is 5.73 Å². The van der Waals surface area contributed by atoms with Crippen LogP contribution in [0.2, 0.25) is 0 Å². The van der Waals surface area contributed by atoms with Gasteiger partial charge < -0.3 is 5.73 Å². The molecule has 1 aromatic carbocycles. The predicted octanol–water partition coefficient (Wildman–Crippen LogP) is 2.42. The Morgan fingerprint density at radius 2 is 1.90 bits per heavy atom. The number of nitrogen functional groups attached to an aromatic ring is 1. The van der Waals surface area contributed by atoms with Gasteiger partial charge in [0.1, 0.15) is 16.9 Å². The van der Waals surface area contributed by atoms with Gasteiger partial charge in [0.05, 0.1) is 11.2 Å². The molecular formula is C14H9N5O. The quantitative estimate of drug-likeness (QED) is 0.567. The highest BCUT2D eigenvalue weighted by molar-refractivity contribution is 5.94. The summed E-state index contributed by atoms with van der Waals surface area (Å²) in [6.07, 6.45) is 1.74. The van der Waals surface area contributed by atoms with Gasteiger partial charge in [0.25, 0.3) is 0 Å². The van der Waals surface area contributed by atoms with Crippen LogP contribution in [-0.4, -0.2) is 20.3 Å². The van der Waals surface area contributed by atoms with Crippen LogP contribution in [-0.2, 0) is 0 Å². The highest BCUT2D eigenvalue weighted by atomic mass is 16.6. The Kier molecular flexibility index (Phi) is 2.17. The molecular weight excluding hydrogens is 254 g/mol. The third-order valence-electron chi connectivity index (χ3n) is 3.13. The van der Waals surface area contributed by atoms with Crippen LogP contribution in [0, 0.1) is 0 Å². The van der Waals surface area contributed by atoms with E-state index in [1.165, 1.54) is 0 Å². The van der Waals surface area contributed by atoms with Gasteiger partial charge in [0.2, 0.25) is 0 Å². The highest BCUT2D eigenvalue weighted by Crippen LogP contribution is 2.28. The van der Waals surface area contributed by atoms with Gasteiger partial charge in [-0.1, -0.05) is 12.1 Å². The van der Waals surface area contributed by atoms with E-state index in [0.29, 0.717) is 16.9 Å². The van der Waals surface area contributed by atoms with Crippen LogP contribution >= 0.6 is 0 Å². The lowest BCUT2D eigenvalue weighted by Crippen LogP contribution is -1.95. The van der Waals surface area contributed by atoms with Gasteiger partial charge in [-0.3, -0.25) is 4.98 Å². The molecule has 0 unspecified atom stereocenters. The van der Waals surface area contributed by atoms with Crippen molar-refractivity contribution < 1.29 is 4.63 Å². The van der Waals surface area contributed by atoms with Gasteiger partial charge in [-0.15, -0.1) is 0 Å². The number of hydrogen-bond donors (Lipinski definition) is 1. The van der Waals surface area contributed by atoms with E-state index < -0.39 is 0 Å². The molecule has 0 fully saturated rings. The molecule has 0 amide bonds. The minimum absolute atomic E-state index is 0.457. The molecule has 0 atom stereocenters. The number of anilines is 1. The van der Waals surface area contributed by atoms with Crippen LogP contribution in [0.1, 0.15) is 0 Å². The first-order valence-electron chi connectivity index (χ1n) is 6.05. The van der Waals surface area contributed by atoms with Gasteiger partial charge in [-0.2, -0.15) is 0 Å². The molecule has 3 heterocycles. The minimum atomic E-state index is 0.457. The molecule has 0 bridgehead atoms. The smallest absolute Gasteiger partial charge is 0.135 e. The summed E-state index contributed by atoms with van der Waals surface area (Å²) in [6.45, 7) is 0. The zero-order valence-corrected chi connectivity index (χ0v) is 10.3. The molecule has 20 heavy (non-hydrogen) atoms. The molecule has 0 aliphatic heterocycles. The molecule has 0 spiro atoms. The Balaban J connectivity index is 2.05. The highest BCUT2D eigenvalue weighted by Gasteiger charge is 2.10. The normalized spacial score (nSPS) is 11.2. The summed E-state index contributed by atoms with van der Waals surface area (Å²) in [7, 11) is 0. The number of nitrogens with zero attached hydrogens (tertiary/aromatic N) is 4. The summed E-state index contributed by atoms with van der Waals surface area (Å²) >= 11 is 0. The van der Waals surface area contributed by atoms with Crippen molar-refractivity contribution in [1.82, 2.24) is 20.3 Å². The number of nitrogens with two attached hydrogens (primary N) is 1. The van der Waals surface area contributed by atoms with Gasteiger partial charge >= 0.3 is 0 Å². The molecule has 0 radical (unpaired) electrons. The number of rotatable bonds is 1. The maximum atomic E-state index is 5.87. The third-order valence-corrected chi connectivity index (χ3v) is 3.13. The van der Waals surface area contributed by atoms with Crippen molar-refractivity contribution in [3.8, 4) is 11.3 Å². The average molecular weight is 263 g/mol. The Bertz CT molecular complexity index is 931. The minimum Gasteiger partial charge on any atom is -0.384 e. The topological polar surface area (TPSA) is 90.7 Å². The van der Waals surface area contributed by atoms with E-state index in [1.807, 2.05) is 36.4 Å². The van der Waals surface area contributed by atoms with E-state index >= 15 is 0 Å². The van der Waals surface area contributed by atoms with Crippen molar-refractivity contribution in [2.45, 2.75) is 0 Å². The number of benzene rings is 1. The second-order valence-electron chi connectivity index (χ2n) is 4.44. The molecule has 4 rings (SSSR count). The first kappa shape index (κ1) is 10.9. The van der Waals surface area contributed by atoms with E-state index in [1.54, 1.807) is 6.20 Å². The van der Waals surface area contributed by atoms with Crippen LogP contribution in [0.4, 0.5) is 5.82 Å². The fourth-order valence-corrected chi connectivity index (χ4v) is 2.24. The molecule has 0 saturated heterocycles. The molecule has 0 saturated carbocycles. The van der Waals surface area contributed by atoms with Crippen LogP contribution in [0.15, 0.2) is 47.2 Å². The summed E-state index contributed by atoms with van der Waals surface area (Å²) in [5.41, 5.74) is 9.66. The number of pyridine rings is 2. The molecule has 6 heteroatoms. The fourth-order valence-electron chi connectivity index (χ4n) is 2.24. The van der Waals surface area contributed by atoms with E-state index in [0.717, 1.165) is 22.2 Å². The number of hydrogen-bond acceptors (Lipinski definition) is 6. The first-order chi connectivity index (χ1) is 9.81. The molecule has 0 aliphatic rings. The number of fused-ring (bicyclic) bond motifs is 2. The largest absolute Gasteiger partial charge is 0.384 e. The number of aromatic nitrogens is 4. The van der Waals surface area contributed by atoms with Crippen molar-refractivity contribution in [2.24, 2.45) is 0 Å². The van der Waals surface area contributed by atoms with E-state index in [4.69, 9.17) is 10.4 Å². The van der Waals surface area contributed by atoms with Crippen LogP contribution in [0.5, 0.6) is 0 Å². The van der Waals surface area contributed by atoms with Crippen molar-refractivity contribution in [1.29, 1.82) is 0 Å². The van der Waals surface area contributed by atoms with Crippen molar-refractivity contribution in [2.75, 3.05) is 5.73 Å². The van der Waals surface area contributed by atoms with E-state index in [2.05, 4.69) is 20.3 Å².